The first-order valence-electron chi connectivity index (χ1n) is 21.4. The molecule has 3 aromatic carbocycles. The van der Waals surface area contributed by atoms with Crippen LogP contribution in [0.5, 0.6) is 0 Å². The monoisotopic (exact) mass is 886 g/mol. The summed E-state index contributed by atoms with van der Waals surface area (Å²) in [5, 5.41) is 0. The van der Waals surface area contributed by atoms with E-state index in [1.165, 1.54) is 22.5 Å². The van der Waals surface area contributed by atoms with Crippen LogP contribution in [0.15, 0.2) is 121 Å². The maximum atomic E-state index is 12.2. The van der Waals surface area contributed by atoms with Crippen LogP contribution in [-0.4, -0.2) is 56.0 Å². The van der Waals surface area contributed by atoms with Gasteiger partial charge in [-0.05, 0) is 75.2 Å². The molecule has 0 atom stereocenters. The van der Waals surface area contributed by atoms with Crippen molar-refractivity contribution in [2.75, 3.05) is 23.0 Å². The van der Waals surface area contributed by atoms with Gasteiger partial charge in [0.2, 0.25) is 0 Å². The number of carbonyl (C=O) groups is 2. The molecule has 10 nitrogen and oxygen atoms in total. The fourth-order valence-corrected chi connectivity index (χ4v) is 7.23. The molecular weight excluding hydrogens is 824 g/mol. The Morgan fingerprint density at radius 2 is 0.855 bits per heavy atom. The van der Waals surface area contributed by atoms with Gasteiger partial charge in [0, 0.05) is 50.6 Å². The third kappa shape index (κ3) is 13.2. The van der Waals surface area contributed by atoms with Gasteiger partial charge in [-0.3, -0.25) is 29.4 Å². The van der Waals surface area contributed by atoms with Gasteiger partial charge in [-0.1, -0.05) is 113 Å². The quantitative estimate of drug-likeness (QED) is 0.0686. The number of hydrogen-bond donors (Lipinski definition) is 0. The SMILES string of the molecule is CC(C)C(=O)OCC(C)(C)N1Cc2cccc(n2)CN(C(C)(C)COC(=O)C(C)C)Cc2cccc(n2)C1.[Cu+2].c1ccc(CN2[CH-]N(Cc3ccccc3)c3ccccc32)cc1. The van der Waals surface area contributed by atoms with Gasteiger partial charge in [0.05, 0.1) is 45.7 Å². The van der Waals surface area contributed by atoms with Gasteiger partial charge in [0.1, 0.15) is 13.2 Å². The molecule has 2 aliphatic heterocycles. The number of hydrogen-bond acceptors (Lipinski definition) is 10. The van der Waals surface area contributed by atoms with E-state index >= 15 is 0 Å². The van der Waals surface area contributed by atoms with Crippen molar-refractivity contribution in [1.82, 2.24) is 19.8 Å². The summed E-state index contributed by atoms with van der Waals surface area (Å²) >= 11 is 0. The average Bonchev–Trinajstić information content (AvgIpc) is 3.58. The van der Waals surface area contributed by atoms with E-state index in [4.69, 9.17) is 19.4 Å². The van der Waals surface area contributed by atoms with Crippen molar-refractivity contribution in [3.8, 4) is 0 Å². The van der Waals surface area contributed by atoms with Crippen molar-refractivity contribution in [2.45, 2.75) is 106 Å². The predicted molar refractivity (Wildman–Crippen MR) is 243 cm³/mol. The number of pyridine rings is 2. The van der Waals surface area contributed by atoms with E-state index in [2.05, 4.69) is 139 Å². The van der Waals surface area contributed by atoms with Crippen molar-refractivity contribution in [1.29, 1.82) is 0 Å². The number of benzene rings is 3. The molecule has 0 aliphatic carbocycles. The number of nitrogens with zero attached hydrogens (tertiary/aromatic N) is 6. The molecule has 4 bridgehead atoms. The molecule has 0 N–H and O–H groups in total. The third-order valence-corrected chi connectivity index (χ3v) is 11.1. The number of ether oxygens (including phenoxy) is 2. The van der Waals surface area contributed by atoms with Crippen LogP contribution in [0.1, 0.15) is 89.3 Å². The van der Waals surface area contributed by atoms with Gasteiger partial charge >= 0.3 is 29.0 Å². The molecule has 0 fully saturated rings. The van der Waals surface area contributed by atoms with Crippen molar-refractivity contribution in [3.05, 3.63) is 162 Å². The van der Waals surface area contributed by atoms with Gasteiger partial charge in [0.25, 0.3) is 0 Å². The Bertz CT molecular complexity index is 2000. The summed E-state index contributed by atoms with van der Waals surface area (Å²) in [5.74, 6) is -0.742. The topological polar surface area (TPSA) is 91.3 Å². The minimum Gasteiger partial charge on any atom is -0.498 e. The van der Waals surface area contributed by atoms with Crippen LogP contribution in [-0.2, 0) is 75.4 Å². The number of carbonyl (C=O) groups excluding carboxylic acids is 2. The predicted octanol–water partition coefficient (Wildman–Crippen LogP) is 9.58. The standard InChI is InChI=1S/C30H44N4O4.C21H19N2.Cu/c1-21(2)27(35)37-19-29(5,6)33-15-23-11-9-13-25(31-23)17-34(18-26-14-10-12-24(16-33)32-26)30(7,8)20-38-28(36)22(3)4;1-3-9-18(10-4-1)15-22-17-23(16-19-11-5-2-6-12-19)21-14-8-7-13-20(21)22;/h9-14,21-22H,15-20H2,1-8H3;1-14,17H,15-16H2;/q;-1;+2. The van der Waals surface area contributed by atoms with Crippen molar-refractivity contribution < 1.29 is 36.1 Å². The third-order valence-electron chi connectivity index (χ3n) is 11.1. The minimum absolute atomic E-state index is 0. The molecule has 2 aromatic heterocycles. The normalized spacial score (nSPS) is 14.5. The maximum Gasteiger partial charge on any atom is 2.00 e. The summed E-state index contributed by atoms with van der Waals surface area (Å²) in [6, 6.07) is 42.0. The van der Waals surface area contributed by atoms with Gasteiger partial charge in [-0.25, -0.2) is 0 Å². The smallest absolute Gasteiger partial charge is 0.498 e. The summed E-state index contributed by atoms with van der Waals surface area (Å²) in [5.41, 5.74) is 8.06. The summed E-state index contributed by atoms with van der Waals surface area (Å²) < 4.78 is 11.3. The molecule has 0 saturated heterocycles. The zero-order valence-electron chi connectivity index (χ0n) is 37.6. The first-order valence-corrected chi connectivity index (χ1v) is 21.4. The van der Waals surface area contributed by atoms with E-state index in [-0.39, 0.29) is 54.1 Å². The molecule has 1 radical (unpaired) electrons. The Morgan fingerprint density at radius 1 is 0.532 bits per heavy atom. The van der Waals surface area contributed by atoms with Crippen LogP contribution in [0.3, 0.4) is 0 Å². The molecule has 7 rings (SSSR count). The molecular formula is C51H63CuN6O4+. The fraction of sp³-hybridized carbons (Fsp3) is 0.392. The van der Waals surface area contributed by atoms with Gasteiger partial charge in [-0.15, -0.1) is 0 Å². The molecule has 62 heavy (non-hydrogen) atoms. The first-order chi connectivity index (χ1) is 29.2. The molecule has 11 heteroatoms. The van der Waals surface area contributed by atoms with Crippen LogP contribution in [0.4, 0.5) is 11.4 Å². The second-order valence-electron chi connectivity index (χ2n) is 17.9. The van der Waals surface area contributed by atoms with Crippen LogP contribution in [0.25, 0.3) is 0 Å². The van der Waals surface area contributed by atoms with Crippen LogP contribution in [0.2, 0.25) is 0 Å². The molecule has 4 heterocycles. The Kier molecular flexibility index (Phi) is 16.9. The number of aromatic nitrogens is 2. The molecule has 0 spiro atoms. The number of para-hydroxylation sites is 2. The largest absolute Gasteiger partial charge is 2.00 e. The first kappa shape index (κ1) is 48.0. The molecule has 5 aromatic rings. The second-order valence-corrected chi connectivity index (χ2v) is 17.9. The van der Waals surface area contributed by atoms with E-state index in [1.807, 2.05) is 64.1 Å². The number of fused-ring (bicyclic) bond motifs is 5. The summed E-state index contributed by atoms with van der Waals surface area (Å²) in [7, 11) is 0. The van der Waals surface area contributed by atoms with E-state index < -0.39 is 11.1 Å². The zero-order valence-corrected chi connectivity index (χ0v) is 38.5. The van der Waals surface area contributed by atoms with Crippen molar-refractivity contribution in [2.24, 2.45) is 11.8 Å². The van der Waals surface area contributed by atoms with Crippen LogP contribution < -0.4 is 9.80 Å². The van der Waals surface area contributed by atoms with Crippen molar-refractivity contribution in [3.63, 3.8) is 0 Å². The van der Waals surface area contributed by atoms with Gasteiger partial charge in [-0.2, -0.15) is 6.67 Å². The number of esters is 2. The summed E-state index contributed by atoms with van der Waals surface area (Å²) in [6.45, 7) is 22.6. The summed E-state index contributed by atoms with van der Waals surface area (Å²) in [6.07, 6.45) is 0. The van der Waals surface area contributed by atoms with E-state index in [1.54, 1.807) is 0 Å². The van der Waals surface area contributed by atoms with Crippen LogP contribution >= 0.6 is 0 Å². The maximum absolute atomic E-state index is 12.2. The number of rotatable bonds is 12. The average molecular weight is 888 g/mol. The fourth-order valence-electron chi connectivity index (χ4n) is 7.23. The summed E-state index contributed by atoms with van der Waals surface area (Å²) in [4.78, 5) is 43.6. The van der Waals surface area contributed by atoms with Crippen LogP contribution in [0, 0.1) is 18.5 Å². The molecule has 0 saturated carbocycles. The second kappa shape index (κ2) is 21.8. The molecule has 2 aliphatic rings. The Hall–Kier alpha value is -5.06. The molecule has 0 amide bonds. The molecule has 331 valence electrons. The Labute approximate surface area is 380 Å². The van der Waals surface area contributed by atoms with E-state index in [0.717, 1.165) is 35.9 Å². The van der Waals surface area contributed by atoms with E-state index in [0.29, 0.717) is 26.2 Å². The molecule has 0 unspecified atom stereocenters. The van der Waals surface area contributed by atoms with Gasteiger partial charge in [0.15, 0.2) is 0 Å². The zero-order chi connectivity index (χ0) is 43.6. The minimum atomic E-state index is -0.432. The number of anilines is 2. The van der Waals surface area contributed by atoms with E-state index in [9.17, 15) is 9.59 Å². The van der Waals surface area contributed by atoms with Crippen molar-refractivity contribution >= 4 is 23.3 Å². The Morgan fingerprint density at radius 3 is 1.18 bits per heavy atom. The van der Waals surface area contributed by atoms with Gasteiger partial charge < -0.3 is 19.3 Å². The Balaban J connectivity index is 0.000000257.